The first-order valence-electron chi connectivity index (χ1n) is 8.06. The molecule has 2 amide bonds. The molecule has 1 aromatic carbocycles. The minimum absolute atomic E-state index is 0.248. The maximum absolute atomic E-state index is 12.1. The first kappa shape index (κ1) is 16.6. The number of hydrogen-bond donors (Lipinski definition) is 2. The van der Waals surface area contributed by atoms with Crippen molar-refractivity contribution in [1.82, 2.24) is 9.78 Å². The third-order valence-corrected chi connectivity index (χ3v) is 4.32. The summed E-state index contributed by atoms with van der Waals surface area (Å²) in [7, 11) is 1.77. The average Bonchev–Trinajstić information content (AvgIpc) is 3.12. The molecule has 2 N–H and O–H groups in total. The normalized spacial score (nSPS) is 14.6. The third kappa shape index (κ3) is 4.00. The lowest BCUT2D eigenvalue weighted by Gasteiger charge is -2.15. The zero-order valence-electron chi connectivity index (χ0n) is 13.8. The van der Waals surface area contributed by atoms with E-state index in [1.807, 2.05) is 6.92 Å². The Morgan fingerprint density at radius 1 is 1.29 bits per heavy atom. The van der Waals surface area contributed by atoms with E-state index < -0.39 is 0 Å². The van der Waals surface area contributed by atoms with E-state index in [1.54, 1.807) is 36.0 Å². The standard InChI is InChI=1S/C17H21ClN4O2/c1-11-9-16(22(2)21-11)20-17(23)19-12-7-8-15(14(18)10-12)24-13-5-3-4-6-13/h7-10,13H,3-6H2,1-2H3,(H2,19,20,23). The van der Waals surface area contributed by atoms with E-state index in [0.29, 0.717) is 22.3 Å². The topological polar surface area (TPSA) is 68.2 Å². The molecule has 0 atom stereocenters. The molecular formula is C17H21ClN4O2. The zero-order chi connectivity index (χ0) is 17.1. The van der Waals surface area contributed by atoms with E-state index in [4.69, 9.17) is 16.3 Å². The molecule has 1 fully saturated rings. The van der Waals surface area contributed by atoms with Gasteiger partial charge in [0.25, 0.3) is 0 Å². The number of nitrogens with zero attached hydrogens (tertiary/aromatic N) is 2. The second kappa shape index (κ2) is 7.13. The Kier molecular flexibility index (Phi) is 4.94. The fraction of sp³-hybridized carbons (Fsp3) is 0.412. The molecule has 0 radical (unpaired) electrons. The molecule has 1 aliphatic rings. The molecule has 7 heteroatoms. The van der Waals surface area contributed by atoms with Crippen LogP contribution in [0.5, 0.6) is 5.75 Å². The Bertz CT molecular complexity index is 738. The molecule has 0 unspecified atom stereocenters. The van der Waals surface area contributed by atoms with Crippen LogP contribution in [0.15, 0.2) is 24.3 Å². The lowest BCUT2D eigenvalue weighted by molar-refractivity contribution is 0.210. The summed E-state index contributed by atoms with van der Waals surface area (Å²) in [5.41, 5.74) is 1.44. The van der Waals surface area contributed by atoms with E-state index in [1.165, 1.54) is 12.8 Å². The van der Waals surface area contributed by atoms with E-state index >= 15 is 0 Å². The summed E-state index contributed by atoms with van der Waals surface area (Å²) in [5.74, 6) is 1.29. The molecule has 1 aromatic heterocycles. The number of anilines is 2. The molecule has 1 saturated carbocycles. The van der Waals surface area contributed by atoms with E-state index in [0.717, 1.165) is 18.5 Å². The van der Waals surface area contributed by atoms with Crippen LogP contribution < -0.4 is 15.4 Å². The van der Waals surface area contributed by atoms with Crippen molar-refractivity contribution >= 4 is 29.1 Å². The fourth-order valence-corrected chi connectivity index (χ4v) is 3.09. The van der Waals surface area contributed by atoms with Crippen molar-refractivity contribution in [1.29, 1.82) is 0 Å². The number of urea groups is 1. The highest BCUT2D eigenvalue weighted by Crippen LogP contribution is 2.31. The van der Waals surface area contributed by atoms with E-state index in [-0.39, 0.29) is 12.1 Å². The maximum Gasteiger partial charge on any atom is 0.324 e. The number of rotatable bonds is 4. The molecule has 128 valence electrons. The van der Waals surface area contributed by atoms with E-state index in [2.05, 4.69) is 15.7 Å². The van der Waals surface area contributed by atoms with Gasteiger partial charge in [0.1, 0.15) is 11.6 Å². The zero-order valence-corrected chi connectivity index (χ0v) is 14.6. The Morgan fingerprint density at radius 2 is 2.04 bits per heavy atom. The summed E-state index contributed by atoms with van der Waals surface area (Å²) in [4.78, 5) is 12.1. The summed E-state index contributed by atoms with van der Waals surface area (Å²) >= 11 is 6.27. The largest absolute Gasteiger partial charge is 0.489 e. The Balaban J connectivity index is 1.61. The van der Waals surface area contributed by atoms with Crippen molar-refractivity contribution in [3.05, 3.63) is 35.0 Å². The molecule has 3 rings (SSSR count). The molecule has 0 spiro atoms. The van der Waals surface area contributed by atoms with Gasteiger partial charge in [-0.25, -0.2) is 4.79 Å². The van der Waals surface area contributed by atoms with Crippen LogP contribution in [-0.4, -0.2) is 21.9 Å². The van der Waals surface area contributed by atoms with Crippen LogP contribution in [0.2, 0.25) is 5.02 Å². The first-order chi connectivity index (χ1) is 11.5. The highest BCUT2D eigenvalue weighted by atomic mass is 35.5. The minimum Gasteiger partial charge on any atom is -0.489 e. The number of carbonyl (C=O) groups excluding carboxylic acids is 1. The number of halogens is 1. The Hall–Kier alpha value is -2.21. The number of nitrogens with one attached hydrogen (secondary N) is 2. The van der Waals surface area contributed by atoms with Gasteiger partial charge in [-0.2, -0.15) is 5.10 Å². The van der Waals surface area contributed by atoms with Gasteiger partial charge in [-0.15, -0.1) is 0 Å². The second-order valence-corrected chi connectivity index (χ2v) is 6.45. The summed E-state index contributed by atoms with van der Waals surface area (Å²) in [5, 5.41) is 10.2. The lowest BCUT2D eigenvalue weighted by Crippen LogP contribution is -2.21. The van der Waals surface area contributed by atoms with Gasteiger partial charge in [-0.05, 0) is 50.8 Å². The number of aryl methyl sites for hydroxylation is 2. The first-order valence-corrected chi connectivity index (χ1v) is 8.44. The molecular weight excluding hydrogens is 328 g/mol. The van der Waals surface area contributed by atoms with Crippen molar-refractivity contribution in [2.24, 2.45) is 7.05 Å². The minimum atomic E-state index is -0.349. The molecule has 0 saturated heterocycles. The predicted octanol–water partition coefficient (Wildman–Crippen LogP) is 4.35. The number of amides is 2. The fourth-order valence-electron chi connectivity index (χ4n) is 2.87. The monoisotopic (exact) mass is 348 g/mol. The summed E-state index contributed by atoms with van der Waals surface area (Å²) < 4.78 is 7.52. The van der Waals surface area contributed by atoms with Crippen LogP contribution in [-0.2, 0) is 7.05 Å². The van der Waals surface area contributed by atoms with Crippen LogP contribution >= 0.6 is 11.6 Å². The molecule has 6 nitrogen and oxygen atoms in total. The number of ether oxygens (including phenoxy) is 1. The van der Waals surface area contributed by atoms with Gasteiger partial charge in [-0.1, -0.05) is 11.6 Å². The van der Waals surface area contributed by atoms with Gasteiger partial charge in [0, 0.05) is 18.8 Å². The number of hydrogen-bond acceptors (Lipinski definition) is 3. The smallest absolute Gasteiger partial charge is 0.324 e. The van der Waals surface area contributed by atoms with Crippen LogP contribution in [0.25, 0.3) is 0 Å². The summed E-state index contributed by atoms with van der Waals surface area (Å²) in [6, 6.07) is 6.72. The van der Waals surface area contributed by atoms with Gasteiger partial charge < -0.3 is 10.1 Å². The molecule has 0 bridgehead atoms. The lowest BCUT2D eigenvalue weighted by atomic mass is 10.2. The van der Waals surface area contributed by atoms with Gasteiger partial charge in [-0.3, -0.25) is 10.00 Å². The van der Waals surface area contributed by atoms with Crippen LogP contribution in [0, 0.1) is 6.92 Å². The highest BCUT2D eigenvalue weighted by molar-refractivity contribution is 6.32. The molecule has 24 heavy (non-hydrogen) atoms. The summed E-state index contributed by atoms with van der Waals surface area (Å²) in [6.45, 7) is 1.87. The summed E-state index contributed by atoms with van der Waals surface area (Å²) in [6.07, 6.45) is 4.80. The Labute approximate surface area is 146 Å². The van der Waals surface area contributed by atoms with Crippen molar-refractivity contribution in [2.75, 3.05) is 10.6 Å². The van der Waals surface area contributed by atoms with Crippen molar-refractivity contribution in [3.63, 3.8) is 0 Å². The quantitative estimate of drug-likeness (QED) is 0.863. The molecule has 2 aromatic rings. The van der Waals surface area contributed by atoms with Gasteiger partial charge in [0.05, 0.1) is 16.8 Å². The second-order valence-electron chi connectivity index (χ2n) is 6.04. The van der Waals surface area contributed by atoms with Gasteiger partial charge >= 0.3 is 6.03 Å². The molecule has 1 heterocycles. The molecule has 0 aliphatic heterocycles. The maximum atomic E-state index is 12.1. The van der Waals surface area contributed by atoms with Gasteiger partial charge in [0.2, 0.25) is 0 Å². The highest BCUT2D eigenvalue weighted by Gasteiger charge is 2.18. The Morgan fingerprint density at radius 3 is 2.67 bits per heavy atom. The average molecular weight is 349 g/mol. The third-order valence-electron chi connectivity index (χ3n) is 4.03. The van der Waals surface area contributed by atoms with Crippen molar-refractivity contribution < 1.29 is 9.53 Å². The molecule has 1 aliphatic carbocycles. The SMILES string of the molecule is Cc1cc(NC(=O)Nc2ccc(OC3CCCC3)c(Cl)c2)n(C)n1. The van der Waals surface area contributed by atoms with Crippen LogP contribution in [0.4, 0.5) is 16.3 Å². The number of benzene rings is 1. The van der Waals surface area contributed by atoms with E-state index in [9.17, 15) is 4.79 Å². The number of aromatic nitrogens is 2. The van der Waals surface area contributed by atoms with Crippen LogP contribution in [0.3, 0.4) is 0 Å². The number of carbonyl (C=O) groups is 1. The van der Waals surface area contributed by atoms with Crippen molar-refractivity contribution in [2.45, 2.75) is 38.7 Å². The predicted molar refractivity (Wildman–Crippen MR) is 94.9 cm³/mol. The van der Waals surface area contributed by atoms with Crippen LogP contribution in [0.1, 0.15) is 31.4 Å². The van der Waals surface area contributed by atoms with Crippen molar-refractivity contribution in [3.8, 4) is 5.75 Å². The van der Waals surface area contributed by atoms with Gasteiger partial charge in [0.15, 0.2) is 0 Å².